The van der Waals surface area contributed by atoms with Gasteiger partial charge in [0.2, 0.25) is 0 Å². The second kappa shape index (κ2) is 5.68. The molecule has 3 nitrogen and oxygen atoms in total. The maximum absolute atomic E-state index is 9.17. The highest BCUT2D eigenvalue weighted by molar-refractivity contribution is 6.58. The second-order valence-electron chi connectivity index (χ2n) is 5.02. The molecule has 0 saturated heterocycles. The lowest BCUT2D eigenvalue weighted by atomic mass is 9.80. The van der Waals surface area contributed by atoms with Crippen molar-refractivity contribution < 1.29 is 14.5 Å². The Kier molecular flexibility index (Phi) is 3.71. The molecule has 2 N–H and O–H groups in total. The molecule has 0 atom stereocenters. The van der Waals surface area contributed by atoms with Gasteiger partial charge in [0.1, 0.15) is 11.0 Å². The molecule has 0 aliphatic carbocycles. The van der Waals surface area contributed by atoms with Crippen LogP contribution in [-0.4, -0.2) is 17.2 Å². The molecule has 2 aromatic carbocycles. The first-order chi connectivity index (χ1) is 10.6. The zero-order chi connectivity index (χ0) is 15.7. The van der Waals surface area contributed by atoms with E-state index in [4.69, 9.17) is 14.5 Å². The zero-order valence-electron chi connectivity index (χ0n) is 12.0. The number of para-hydroxylation sites is 1. The van der Waals surface area contributed by atoms with Gasteiger partial charge in [0.05, 0.1) is 0 Å². The topological polar surface area (TPSA) is 53.6 Å². The molecule has 0 saturated carbocycles. The van der Waals surface area contributed by atoms with Gasteiger partial charge in [0.25, 0.3) is 0 Å². The Morgan fingerprint density at radius 1 is 1.05 bits per heavy atom. The molecule has 0 unspecified atom stereocenters. The Morgan fingerprint density at radius 3 is 2.32 bits per heavy atom. The van der Waals surface area contributed by atoms with Gasteiger partial charge in [-0.3, -0.25) is 0 Å². The normalized spacial score (nSPS) is 12.3. The summed E-state index contributed by atoms with van der Waals surface area (Å²) in [5, 5.41) is 20.1. The lowest BCUT2D eigenvalue weighted by molar-refractivity contribution is 0.426. The summed E-state index contributed by atoms with van der Waals surface area (Å²) in [6, 6.07) is 14.7. The fourth-order valence-electron chi connectivity index (χ4n) is 2.49. The number of hydrogen-bond donors (Lipinski definition) is 2. The van der Waals surface area contributed by atoms with E-state index in [2.05, 4.69) is 13.2 Å². The molecule has 0 spiro atoms. The van der Waals surface area contributed by atoms with Gasteiger partial charge in [-0.1, -0.05) is 61.7 Å². The van der Waals surface area contributed by atoms with E-state index >= 15 is 0 Å². The SMILES string of the molecule is C=C/C(c1ccc(B(O)O)cc1)=c1/oc2ccccc2c1=C. The van der Waals surface area contributed by atoms with Gasteiger partial charge in [-0.05, 0) is 17.1 Å². The van der Waals surface area contributed by atoms with Gasteiger partial charge in [-0.2, -0.15) is 0 Å². The van der Waals surface area contributed by atoms with Crippen molar-refractivity contribution in [2.75, 3.05) is 0 Å². The van der Waals surface area contributed by atoms with E-state index in [-0.39, 0.29) is 0 Å². The van der Waals surface area contributed by atoms with Crippen molar-refractivity contribution in [3.8, 4) is 0 Å². The van der Waals surface area contributed by atoms with Gasteiger partial charge in [0, 0.05) is 16.2 Å². The van der Waals surface area contributed by atoms with Crippen LogP contribution >= 0.6 is 0 Å². The fraction of sp³-hybridized carbons (Fsp3) is 0. The predicted molar refractivity (Wildman–Crippen MR) is 90.0 cm³/mol. The number of rotatable bonds is 3. The second-order valence-corrected chi connectivity index (χ2v) is 5.02. The molecule has 0 aliphatic rings. The number of furan rings is 1. The minimum atomic E-state index is -1.48. The van der Waals surface area contributed by atoms with Crippen LogP contribution in [0.1, 0.15) is 5.56 Å². The Balaban J connectivity index is 2.26. The molecule has 108 valence electrons. The first-order valence-corrected chi connectivity index (χ1v) is 6.91. The number of benzene rings is 2. The highest BCUT2D eigenvalue weighted by Crippen LogP contribution is 2.13. The van der Waals surface area contributed by atoms with Crippen molar-refractivity contribution in [2.24, 2.45) is 0 Å². The maximum Gasteiger partial charge on any atom is 0.488 e. The van der Waals surface area contributed by atoms with Crippen LogP contribution in [-0.2, 0) is 0 Å². The number of hydrogen-bond acceptors (Lipinski definition) is 3. The van der Waals surface area contributed by atoms with Crippen LogP contribution in [0.15, 0.2) is 65.6 Å². The number of allylic oxidation sites excluding steroid dienone is 1. The van der Waals surface area contributed by atoms with Crippen LogP contribution < -0.4 is 16.1 Å². The van der Waals surface area contributed by atoms with E-state index in [9.17, 15) is 0 Å². The maximum atomic E-state index is 9.17. The fourth-order valence-corrected chi connectivity index (χ4v) is 2.49. The van der Waals surface area contributed by atoms with Gasteiger partial charge in [-0.25, -0.2) is 0 Å². The van der Waals surface area contributed by atoms with Crippen LogP contribution in [0.3, 0.4) is 0 Å². The standard InChI is InChI=1S/C18H15BO3/c1-3-15(13-8-10-14(11-9-13)19(20)21)18-12(2)16-6-4-5-7-17(16)22-18/h3-11,20-21H,1-2H2/b18-15-. The minimum absolute atomic E-state index is 0.437. The summed E-state index contributed by atoms with van der Waals surface area (Å²) in [6.07, 6.45) is 1.72. The van der Waals surface area contributed by atoms with E-state index in [0.29, 0.717) is 10.9 Å². The average Bonchev–Trinajstić information content (AvgIpc) is 2.86. The van der Waals surface area contributed by atoms with Crippen LogP contribution in [0, 0.1) is 0 Å². The number of fused-ring (bicyclic) bond motifs is 1. The van der Waals surface area contributed by atoms with Crippen molar-refractivity contribution >= 4 is 35.7 Å². The summed E-state index contributed by atoms with van der Waals surface area (Å²) in [5.74, 6) is 0. The largest absolute Gasteiger partial charge is 0.488 e. The van der Waals surface area contributed by atoms with E-state index in [0.717, 1.165) is 27.3 Å². The van der Waals surface area contributed by atoms with E-state index in [1.54, 1.807) is 30.3 Å². The molecule has 0 aliphatic heterocycles. The predicted octanol–water partition coefficient (Wildman–Crippen LogP) is 0.908. The molecule has 0 bridgehead atoms. The first kappa shape index (κ1) is 14.4. The molecule has 1 aromatic heterocycles. The molecule has 4 heteroatoms. The van der Waals surface area contributed by atoms with E-state index in [1.165, 1.54) is 0 Å². The summed E-state index contributed by atoms with van der Waals surface area (Å²) in [4.78, 5) is 0. The molecule has 0 amide bonds. The molecular formula is C18H15BO3. The molecule has 0 fully saturated rings. The quantitative estimate of drug-likeness (QED) is 0.705. The summed E-state index contributed by atoms with van der Waals surface area (Å²) in [5.41, 5.74) is 3.59. The Hall–Kier alpha value is -2.56. The van der Waals surface area contributed by atoms with Crippen LogP contribution in [0.5, 0.6) is 0 Å². The molecule has 0 radical (unpaired) electrons. The lowest BCUT2D eigenvalue weighted by Gasteiger charge is -2.03. The van der Waals surface area contributed by atoms with Crippen molar-refractivity contribution in [3.63, 3.8) is 0 Å². The van der Waals surface area contributed by atoms with Crippen molar-refractivity contribution in [2.45, 2.75) is 0 Å². The molecule has 1 heterocycles. The molecule has 22 heavy (non-hydrogen) atoms. The zero-order valence-corrected chi connectivity index (χ0v) is 12.0. The van der Waals surface area contributed by atoms with Gasteiger partial charge < -0.3 is 14.5 Å². The Labute approximate surface area is 128 Å². The first-order valence-electron chi connectivity index (χ1n) is 6.91. The molecular weight excluding hydrogens is 275 g/mol. The summed E-state index contributed by atoms with van der Waals surface area (Å²) < 4.78 is 5.91. The highest BCUT2D eigenvalue weighted by atomic mass is 16.4. The van der Waals surface area contributed by atoms with Crippen LogP contribution in [0.2, 0.25) is 0 Å². The highest BCUT2D eigenvalue weighted by Gasteiger charge is 2.11. The van der Waals surface area contributed by atoms with Gasteiger partial charge in [0.15, 0.2) is 0 Å². The minimum Gasteiger partial charge on any atom is -0.455 e. The third kappa shape index (κ3) is 2.39. The average molecular weight is 290 g/mol. The third-order valence-electron chi connectivity index (χ3n) is 3.67. The van der Waals surface area contributed by atoms with Crippen molar-refractivity contribution in [1.29, 1.82) is 0 Å². The molecule has 3 rings (SSSR count). The van der Waals surface area contributed by atoms with E-state index < -0.39 is 7.12 Å². The third-order valence-corrected chi connectivity index (χ3v) is 3.67. The van der Waals surface area contributed by atoms with E-state index in [1.807, 2.05) is 24.3 Å². The smallest absolute Gasteiger partial charge is 0.455 e. The van der Waals surface area contributed by atoms with Crippen molar-refractivity contribution in [1.82, 2.24) is 0 Å². The van der Waals surface area contributed by atoms with Crippen LogP contribution in [0.25, 0.3) is 23.1 Å². The Morgan fingerprint density at radius 2 is 1.73 bits per heavy atom. The summed E-state index contributed by atoms with van der Waals surface area (Å²) >= 11 is 0. The van der Waals surface area contributed by atoms with Crippen LogP contribution in [0.4, 0.5) is 0 Å². The Bertz CT molecular complexity index is 937. The van der Waals surface area contributed by atoms with Gasteiger partial charge >= 0.3 is 7.12 Å². The summed E-state index contributed by atoms with van der Waals surface area (Å²) in [7, 11) is -1.48. The molecule has 3 aromatic rings. The monoisotopic (exact) mass is 290 g/mol. The lowest BCUT2D eigenvalue weighted by Crippen LogP contribution is -2.29. The van der Waals surface area contributed by atoms with Crippen molar-refractivity contribution in [3.05, 3.63) is 77.4 Å². The summed E-state index contributed by atoms with van der Waals surface area (Å²) in [6.45, 7) is 7.97. The van der Waals surface area contributed by atoms with Gasteiger partial charge in [-0.15, -0.1) is 0 Å².